The first-order valence-corrected chi connectivity index (χ1v) is 5.44. The number of hydrogen-bond donors (Lipinski definition) is 1. The molecule has 0 aliphatic carbocycles. The number of benzene rings is 1. The van der Waals surface area contributed by atoms with Gasteiger partial charge in [-0.15, -0.1) is 0 Å². The molecule has 2 aromatic rings. The second kappa shape index (κ2) is 4.59. The lowest BCUT2D eigenvalue weighted by atomic mass is 10.2. The van der Waals surface area contributed by atoms with E-state index in [1.54, 1.807) is 19.1 Å². The third kappa shape index (κ3) is 2.47. The van der Waals surface area contributed by atoms with Crippen molar-refractivity contribution in [2.75, 3.05) is 5.32 Å². The van der Waals surface area contributed by atoms with E-state index in [1.165, 1.54) is 6.20 Å². The molecule has 0 radical (unpaired) electrons. The molecule has 0 spiro atoms. The average Bonchev–Trinajstić information content (AvgIpc) is 2.70. The largest absolute Gasteiger partial charge is 0.351 e. The van der Waals surface area contributed by atoms with Crippen LogP contribution in [0.3, 0.4) is 0 Å². The Morgan fingerprint density at radius 1 is 1.35 bits per heavy atom. The molecular weight excluding hydrogens is 240 g/mol. The summed E-state index contributed by atoms with van der Waals surface area (Å²) in [7, 11) is 0. The minimum absolute atomic E-state index is 0.212. The van der Waals surface area contributed by atoms with Crippen LogP contribution in [0.5, 0.6) is 0 Å². The third-order valence-electron chi connectivity index (χ3n) is 2.40. The second-order valence-corrected chi connectivity index (χ2v) is 4.19. The molecule has 1 aromatic heterocycles. The van der Waals surface area contributed by atoms with Gasteiger partial charge in [0.05, 0.1) is 6.20 Å². The van der Waals surface area contributed by atoms with Crippen LogP contribution in [-0.4, -0.2) is 11.1 Å². The van der Waals surface area contributed by atoms with Crippen molar-refractivity contribution in [3.63, 3.8) is 0 Å². The number of rotatable bonds is 2. The Morgan fingerprint density at radius 2 is 2.12 bits per heavy atom. The number of aromatic nitrogens is 1. The highest BCUT2D eigenvalue weighted by Crippen LogP contribution is 2.21. The Bertz CT molecular complexity index is 563. The lowest BCUT2D eigenvalue weighted by Crippen LogP contribution is -2.13. The SMILES string of the molecule is Cc1ccc(Cl)cc1NC(=O)c1oncc1C. The van der Waals surface area contributed by atoms with Crippen molar-refractivity contribution in [3.05, 3.63) is 46.3 Å². The van der Waals surface area contributed by atoms with Crippen molar-refractivity contribution in [2.24, 2.45) is 0 Å². The first-order chi connectivity index (χ1) is 8.08. The van der Waals surface area contributed by atoms with Gasteiger partial charge in [-0.05, 0) is 31.5 Å². The predicted molar refractivity (Wildman–Crippen MR) is 65.4 cm³/mol. The summed E-state index contributed by atoms with van der Waals surface area (Å²) in [6.45, 7) is 3.65. The van der Waals surface area contributed by atoms with Gasteiger partial charge in [0.2, 0.25) is 5.76 Å². The van der Waals surface area contributed by atoms with E-state index in [0.29, 0.717) is 16.3 Å². The number of carbonyl (C=O) groups excluding carboxylic acids is 1. The molecule has 0 aliphatic rings. The van der Waals surface area contributed by atoms with Crippen LogP contribution in [0.2, 0.25) is 5.02 Å². The monoisotopic (exact) mass is 250 g/mol. The molecule has 2 rings (SSSR count). The van der Waals surface area contributed by atoms with Gasteiger partial charge < -0.3 is 9.84 Å². The fourth-order valence-corrected chi connectivity index (χ4v) is 1.59. The highest BCUT2D eigenvalue weighted by atomic mass is 35.5. The van der Waals surface area contributed by atoms with Gasteiger partial charge in [-0.3, -0.25) is 4.79 Å². The molecule has 5 heteroatoms. The predicted octanol–water partition coefficient (Wildman–Crippen LogP) is 3.20. The van der Waals surface area contributed by atoms with Gasteiger partial charge in [-0.1, -0.05) is 22.8 Å². The molecule has 0 saturated heterocycles. The van der Waals surface area contributed by atoms with E-state index in [4.69, 9.17) is 16.1 Å². The summed E-state index contributed by atoms with van der Waals surface area (Å²) in [5.74, 6) is -0.116. The van der Waals surface area contributed by atoms with Gasteiger partial charge in [0.1, 0.15) is 0 Å². The van der Waals surface area contributed by atoms with Crippen LogP contribution in [0.25, 0.3) is 0 Å². The molecule has 0 fully saturated rings. The summed E-state index contributed by atoms with van der Waals surface area (Å²) in [6.07, 6.45) is 1.50. The minimum atomic E-state index is -0.328. The lowest BCUT2D eigenvalue weighted by Gasteiger charge is -2.07. The fraction of sp³-hybridized carbons (Fsp3) is 0.167. The Labute approximate surface area is 104 Å². The molecule has 0 bridgehead atoms. The van der Waals surface area contributed by atoms with Crippen LogP contribution in [0.15, 0.2) is 28.9 Å². The molecule has 1 heterocycles. The maximum Gasteiger partial charge on any atom is 0.294 e. The second-order valence-electron chi connectivity index (χ2n) is 3.75. The minimum Gasteiger partial charge on any atom is -0.351 e. The topological polar surface area (TPSA) is 55.1 Å². The Hall–Kier alpha value is -1.81. The summed E-state index contributed by atoms with van der Waals surface area (Å²) in [4.78, 5) is 11.9. The van der Waals surface area contributed by atoms with E-state index < -0.39 is 0 Å². The lowest BCUT2D eigenvalue weighted by molar-refractivity contribution is 0.0987. The summed E-state index contributed by atoms with van der Waals surface area (Å²) in [5, 5.41) is 6.87. The highest BCUT2D eigenvalue weighted by molar-refractivity contribution is 6.31. The van der Waals surface area contributed by atoms with Crippen molar-refractivity contribution in [1.82, 2.24) is 5.16 Å². The zero-order chi connectivity index (χ0) is 12.4. The van der Waals surface area contributed by atoms with Crippen LogP contribution < -0.4 is 5.32 Å². The number of amides is 1. The van der Waals surface area contributed by atoms with Crippen LogP contribution >= 0.6 is 11.6 Å². The molecule has 4 nitrogen and oxygen atoms in total. The van der Waals surface area contributed by atoms with Gasteiger partial charge in [-0.2, -0.15) is 0 Å². The maximum absolute atomic E-state index is 11.9. The molecule has 0 unspecified atom stereocenters. The molecule has 88 valence electrons. The van der Waals surface area contributed by atoms with Crippen molar-refractivity contribution >= 4 is 23.2 Å². The number of halogens is 1. The summed E-state index contributed by atoms with van der Waals surface area (Å²) in [5.41, 5.74) is 2.29. The Kier molecular flexibility index (Phi) is 3.15. The van der Waals surface area contributed by atoms with Gasteiger partial charge in [0, 0.05) is 16.3 Å². The van der Waals surface area contributed by atoms with Crippen LogP contribution in [0.4, 0.5) is 5.69 Å². The molecule has 1 amide bonds. The van der Waals surface area contributed by atoms with Gasteiger partial charge in [0.15, 0.2) is 0 Å². The molecule has 1 N–H and O–H groups in total. The highest BCUT2D eigenvalue weighted by Gasteiger charge is 2.15. The number of carbonyl (C=O) groups is 1. The molecule has 0 atom stereocenters. The normalized spacial score (nSPS) is 10.3. The first kappa shape index (κ1) is 11.7. The number of nitrogens with zero attached hydrogens (tertiary/aromatic N) is 1. The third-order valence-corrected chi connectivity index (χ3v) is 2.64. The molecule has 0 saturated carbocycles. The number of nitrogens with one attached hydrogen (secondary N) is 1. The zero-order valence-corrected chi connectivity index (χ0v) is 10.2. The first-order valence-electron chi connectivity index (χ1n) is 5.06. The molecular formula is C12H11ClN2O2. The maximum atomic E-state index is 11.9. The van der Waals surface area contributed by atoms with Gasteiger partial charge >= 0.3 is 0 Å². The number of anilines is 1. The molecule has 1 aromatic carbocycles. The molecule has 0 aliphatic heterocycles. The Balaban J connectivity index is 2.24. The van der Waals surface area contributed by atoms with E-state index in [0.717, 1.165) is 5.56 Å². The smallest absolute Gasteiger partial charge is 0.294 e. The number of hydrogen-bond acceptors (Lipinski definition) is 3. The van der Waals surface area contributed by atoms with Crippen molar-refractivity contribution in [1.29, 1.82) is 0 Å². The summed E-state index contributed by atoms with van der Waals surface area (Å²) >= 11 is 5.87. The van der Waals surface area contributed by atoms with E-state index >= 15 is 0 Å². The van der Waals surface area contributed by atoms with Crippen molar-refractivity contribution < 1.29 is 9.32 Å². The van der Waals surface area contributed by atoms with Crippen LogP contribution in [0.1, 0.15) is 21.7 Å². The van der Waals surface area contributed by atoms with Crippen LogP contribution in [0, 0.1) is 13.8 Å². The van der Waals surface area contributed by atoms with Crippen molar-refractivity contribution in [3.8, 4) is 0 Å². The quantitative estimate of drug-likeness (QED) is 0.891. The van der Waals surface area contributed by atoms with Gasteiger partial charge in [-0.25, -0.2) is 0 Å². The Morgan fingerprint density at radius 3 is 2.76 bits per heavy atom. The zero-order valence-electron chi connectivity index (χ0n) is 9.45. The van der Waals surface area contributed by atoms with Crippen molar-refractivity contribution in [2.45, 2.75) is 13.8 Å². The van der Waals surface area contributed by atoms with E-state index in [-0.39, 0.29) is 11.7 Å². The average molecular weight is 251 g/mol. The fourth-order valence-electron chi connectivity index (χ4n) is 1.42. The van der Waals surface area contributed by atoms with E-state index in [2.05, 4.69) is 10.5 Å². The van der Waals surface area contributed by atoms with E-state index in [9.17, 15) is 4.79 Å². The standard InChI is InChI=1S/C12H11ClN2O2/c1-7-3-4-9(13)5-10(7)15-12(16)11-8(2)6-14-17-11/h3-6H,1-2H3,(H,15,16). The van der Waals surface area contributed by atoms with E-state index in [1.807, 2.05) is 13.0 Å². The van der Waals surface area contributed by atoms with Crippen LogP contribution in [-0.2, 0) is 0 Å². The van der Waals surface area contributed by atoms with Gasteiger partial charge in [0.25, 0.3) is 5.91 Å². The molecule has 17 heavy (non-hydrogen) atoms. The number of aryl methyl sites for hydroxylation is 2. The summed E-state index contributed by atoms with van der Waals surface area (Å²) in [6, 6.07) is 5.30. The summed E-state index contributed by atoms with van der Waals surface area (Å²) < 4.78 is 4.87.